The summed E-state index contributed by atoms with van der Waals surface area (Å²) in [6.45, 7) is 5.18. The molecule has 146 valence electrons. The maximum absolute atomic E-state index is 12.5. The Hall–Kier alpha value is -0.950. The van der Waals surface area contributed by atoms with Crippen LogP contribution in [0.2, 0.25) is 0 Å². The number of nitrogens with one attached hydrogen (secondary N) is 2. The molecule has 0 radical (unpaired) electrons. The second-order valence-electron chi connectivity index (χ2n) is 5.30. The standard InChI is InChI=1S/C15H20F3N5S2.HI/c1-9-10(2)25-13(22-9)5-7-21-14(19-3)20-6-4-12-23-11(8-24-12)15(16,17)18;/h8H,4-7H2,1-3H3,(H2,19,20,21);1H. The molecule has 0 amide bonds. The first-order valence-electron chi connectivity index (χ1n) is 7.68. The number of hydrogen-bond acceptors (Lipinski definition) is 5. The number of thiazole rings is 2. The van der Waals surface area contributed by atoms with Gasteiger partial charge in [0.05, 0.1) is 15.7 Å². The summed E-state index contributed by atoms with van der Waals surface area (Å²) in [6.07, 6.45) is -3.18. The van der Waals surface area contributed by atoms with E-state index in [4.69, 9.17) is 0 Å². The number of aryl methyl sites for hydroxylation is 2. The van der Waals surface area contributed by atoms with Crippen molar-refractivity contribution >= 4 is 52.6 Å². The van der Waals surface area contributed by atoms with Crippen molar-refractivity contribution in [1.29, 1.82) is 0 Å². The lowest BCUT2D eigenvalue weighted by Crippen LogP contribution is -2.39. The van der Waals surface area contributed by atoms with Gasteiger partial charge in [-0.3, -0.25) is 4.99 Å². The third-order valence-electron chi connectivity index (χ3n) is 3.40. The first-order chi connectivity index (χ1) is 11.8. The Kier molecular flexibility index (Phi) is 9.24. The molecular formula is C15H21F3IN5S2. The third-order valence-corrected chi connectivity index (χ3v) is 5.44. The minimum Gasteiger partial charge on any atom is -0.356 e. The Morgan fingerprint density at radius 3 is 2.19 bits per heavy atom. The van der Waals surface area contributed by atoms with Gasteiger partial charge in [-0.25, -0.2) is 9.97 Å². The Labute approximate surface area is 175 Å². The van der Waals surface area contributed by atoms with E-state index in [1.54, 1.807) is 18.4 Å². The van der Waals surface area contributed by atoms with Gasteiger partial charge in [0.2, 0.25) is 0 Å². The van der Waals surface area contributed by atoms with E-state index in [1.807, 2.05) is 13.8 Å². The second-order valence-corrected chi connectivity index (χ2v) is 7.53. The van der Waals surface area contributed by atoms with Crippen LogP contribution in [0.4, 0.5) is 13.2 Å². The van der Waals surface area contributed by atoms with Gasteiger partial charge in [0, 0.05) is 43.2 Å². The van der Waals surface area contributed by atoms with Crippen LogP contribution in [0.1, 0.15) is 26.3 Å². The van der Waals surface area contributed by atoms with Gasteiger partial charge in [-0.2, -0.15) is 13.2 Å². The summed E-state index contributed by atoms with van der Waals surface area (Å²) in [6, 6.07) is 0. The number of aliphatic imine (C=N–C) groups is 1. The van der Waals surface area contributed by atoms with E-state index in [2.05, 4.69) is 25.6 Å². The topological polar surface area (TPSA) is 62.2 Å². The lowest BCUT2D eigenvalue weighted by atomic mass is 10.4. The van der Waals surface area contributed by atoms with Crippen molar-refractivity contribution in [2.24, 2.45) is 4.99 Å². The SMILES string of the molecule is CN=C(NCCc1nc(C(F)(F)F)cs1)NCCc1nc(C)c(C)s1.I. The van der Waals surface area contributed by atoms with Crippen LogP contribution in [0.3, 0.4) is 0 Å². The molecule has 0 unspecified atom stereocenters. The van der Waals surface area contributed by atoms with E-state index in [1.165, 1.54) is 4.88 Å². The van der Waals surface area contributed by atoms with E-state index in [0.29, 0.717) is 30.5 Å². The molecule has 0 aromatic carbocycles. The van der Waals surface area contributed by atoms with E-state index in [9.17, 15) is 13.2 Å². The molecule has 11 heteroatoms. The van der Waals surface area contributed by atoms with Crippen LogP contribution in [-0.2, 0) is 19.0 Å². The van der Waals surface area contributed by atoms with Crippen molar-refractivity contribution in [3.63, 3.8) is 0 Å². The molecule has 5 nitrogen and oxygen atoms in total. The summed E-state index contributed by atoms with van der Waals surface area (Å²) in [4.78, 5) is 13.4. The van der Waals surface area contributed by atoms with Crippen molar-refractivity contribution in [2.75, 3.05) is 20.1 Å². The monoisotopic (exact) mass is 519 g/mol. The molecular weight excluding hydrogens is 498 g/mol. The van der Waals surface area contributed by atoms with Crippen LogP contribution >= 0.6 is 46.7 Å². The number of rotatable bonds is 6. The Bertz CT molecular complexity index is 708. The summed E-state index contributed by atoms with van der Waals surface area (Å²) in [5, 5.41) is 8.81. The van der Waals surface area contributed by atoms with E-state index >= 15 is 0 Å². The lowest BCUT2D eigenvalue weighted by molar-refractivity contribution is -0.140. The summed E-state index contributed by atoms with van der Waals surface area (Å²) < 4.78 is 37.5. The van der Waals surface area contributed by atoms with E-state index < -0.39 is 11.9 Å². The largest absolute Gasteiger partial charge is 0.434 e. The number of nitrogens with zero attached hydrogens (tertiary/aromatic N) is 3. The molecule has 0 atom stereocenters. The van der Waals surface area contributed by atoms with E-state index in [0.717, 1.165) is 33.8 Å². The Morgan fingerprint density at radius 1 is 1.12 bits per heavy atom. The number of aromatic nitrogens is 2. The Balaban J connectivity index is 0.00000338. The first-order valence-corrected chi connectivity index (χ1v) is 9.38. The maximum atomic E-state index is 12.5. The zero-order chi connectivity index (χ0) is 18.4. The van der Waals surface area contributed by atoms with Crippen LogP contribution in [0.5, 0.6) is 0 Å². The predicted octanol–water partition coefficient (Wildman–Crippen LogP) is 3.80. The summed E-state index contributed by atoms with van der Waals surface area (Å²) in [5.74, 6) is 0.609. The molecule has 0 saturated heterocycles. The van der Waals surface area contributed by atoms with Gasteiger partial charge in [0.15, 0.2) is 11.7 Å². The summed E-state index contributed by atoms with van der Waals surface area (Å²) >= 11 is 2.70. The molecule has 2 aromatic rings. The molecule has 0 aliphatic carbocycles. The highest BCUT2D eigenvalue weighted by Crippen LogP contribution is 2.29. The Morgan fingerprint density at radius 2 is 1.73 bits per heavy atom. The molecule has 0 spiro atoms. The van der Waals surface area contributed by atoms with E-state index in [-0.39, 0.29) is 24.0 Å². The van der Waals surface area contributed by atoms with Crippen molar-refractivity contribution in [1.82, 2.24) is 20.6 Å². The number of guanidine groups is 1. The molecule has 2 aromatic heterocycles. The van der Waals surface area contributed by atoms with Crippen molar-refractivity contribution < 1.29 is 13.2 Å². The van der Waals surface area contributed by atoms with Crippen molar-refractivity contribution in [3.05, 3.63) is 31.7 Å². The van der Waals surface area contributed by atoms with Crippen LogP contribution in [0.15, 0.2) is 10.4 Å². The van der Waals surface area contributed by atoms with Gasteiger partial charge in [-0.1, -0.05) is 0 Å². The van der Waals surface area contributed by atoms with Gasteiger partial charge in [0.1, 0.15) is 0 Å². The van der Waals surface area contributed by atoms with Gasteiger partial charge in [0.25, 0.3) is 0 Å². The average Bonchev–Trinajstić information content (AvgIpc) is 3.13. The average molecular weight is 519 g/mol. The normalized spacial score (nSPS) is 12.0. The van der Waals surface area contributed by atoms with Crippen LogP contribution in [0, 0.1) is 13.8 Å². The number of hydrogen-bond donors (Lipinski definition) is 2. The fraction of sp³-hybridized carbons (Fsp3) is 0.533. The van der Waals surface area contributed by atoms with Gasteiger partial charge in [-0.05, 0) is 13.8 Å². The second kappa shape index (κ2) is 10.4. The highest BCUT2D eigenvalue weighted by atomic mass is 127. The van der Waals surface area contributed by atoms with Gasteiger partial charge < -0.3 is 10.6 Å². The molecule has 0 bridgehead atoms. The van der Waals surface area contributed by atoms with Crippen molar-refractivity contribution in [3.8, 4) is 0 Å². The quantitative estimate of drug-likeness (QED) is 0.347. The zero-order valence-corrected chi connectivity index (χ0v) is 18.6. The molecule has 0 aliphatic heterocycles. The van der Waals surface area contributed by atoms with Crippen LogP contribution in [-0.4, -0.2) is 36.1 Å². The highest BCUT2D eigenvalue weighted by molar-refractivity contribution is 14.0. The van der Waals surface area contributed by atoms with Gasteiger partial charge in [-0.15, -0.1) is 46.7 Å². The molecule has 0 fully saturated rings. The van der Waals surface area contributed by atoms with Crippen LogP contribution in [0.25, 0.3) is 0 Å². The minimum atomic E-state index is -4.38. The molecule has 2 heterocycles. The number of alkyl halides is 3. The summed E-state index contributed by atoms with van der Waals surface area (Å²) in [5.41, 5.74) is 0.230. The molecule has 0 saturated carbocycles. The fourth-order valence-corrected chi connectivity index (χ4v) is 3.74. The van der Waals surface area contributed by atoms with Crippen molar-refractivity contribution in [2.45, 2.75) is 32.9 Å². The van der Waals surface area contributed by atoms with Gasteiger partial charge >= 0.3 is 6.18 Å². The molecule has 26 heavy (non-hydrogen) atoms. The lowest BCUT2D eigenvalue weighted by Gasteiger charge is -2.10. The molecule has 2 rings (SSSR count). The van der Waals surface area contributed by atoms with Crippen LogP contribution < -0.4 is 10.6 Å². The minimum absolute atomic E-state index is 0. The zero-order valence-electron chi connectivity index (χ0n) is 14.6. The molecule has 0 aliphatic rings. The maximum Gasteiger partial charge on any atom is 0.434 e. The fourth-order valence-electron chi connectivity index (χ4n) is 2.00. The highest BCUT2D eigenvalue weighted by Gasteiger charge is 2.33. The predicted molar refractivity (Wildman–Crippen MR) is 111 cm³/mol. The third kappa shape index (κ3) is 6.99. The smallest absolute Gasteiger partial charge is 0.356 e. The molecule has 2 N–H and O–H groups in total. The summed E-state index contributed by atoms with van der Waals surface area (Å²) in [7, 11) is 1.65. The number of halogens is 4. The first kappa shape index (κ1) is 23.1.